The normalized spacial score (nSPS) is 13.7. The predicted octanol–water partition coefficient (Wildman–Crippen LogP) is -0.315. The summed E-state index contributed by atoms with van der Waals surface area (Å²) in [5.74, 6) is 0. The Morgan fingerprint density at radius 3 is 2.38 bits per heavy atom. The zero-order valence-electron chi connectivity index (χ0n) is 8.65. The Morgan fingerprint density at radius 1 is 1.46 bits per heavy atom. The molecule has 0 saturated carbocycles. The van der Waals surface area contributed by atoms with Gasteiger partial charge >= 0.3 is 0 Å². The van der Waals surface area contributed by atoms with Crippen LogP contribution in [0.15, 0.2) is 0 Å². The van der Waals surface area contributed by atoms with E-state index in [4.69, 9.17) is 5.73 Å². The summed E-state index contributed by atoms with van der Waals surface area (Å²) in [6.45, 7) is 2.51. The van der Waals surface area contributed by atoms with Crippen molar-refractivity contribution < 1.29 is 0 Å². The molecule has 0 bridgehead atoms. The van der Waals surface area contributed by atoms with Crippen LogP contribution in [0, 0.1) is 6.92 Å². The summed E-state index contributed by atoms with van der Waals surface area (Å²) in [5.41, 5.74) is 7.58. The lowest BCUT2D eigenvalue weighted by Crippen LogP contribution is -2.28. The smallest absolute Gasteiger partial charge is 0.104 e. The first kappa shape index (κ1) is 10.1. The van der Waals surface area contributed by atoms with Gasteiger partial charge in [0.05, 0.1) is 11.7 Å². The van der Waals surface area contributed by atoms with E-state index < -0.39 is 0 Å². The fourth-order valence-corrected chi connectivity index (χ4v) is 1.39. The highest BCUT2D eigenvalue weighted by Gasteiger charge is 2.18. The van der Waals surface area contributed by atoms with Gasteiger partial charge in [-0.2, -0.15) is 15.0 Å². The molecule has 0 saturated heterocycles. The highest BCUT2D eigenvalue weighted by atomic mass is 15.5. The highest BCUT2D eigenvalue weighted by Crippen LogP contribution is 2.16. The van der Waals surface area contributed by atoms with Crippen molar-refractivity contribution in [3.05, 3.63) is 11.4 Å². The summed E-state index contributed by atoms with van der Waals surface area (Å²) >= 11 is 0. The molecule has 1 heterocycles. The van der Waals surface area contributed by atoms with Gasteiger partial charge in [0.15, 0.2) is 0 Å². The van der Waals surface area contributed by atoms with Crippen molar-refractivity contribution in [3.8, 4) is 0 Å². The maximum absolute atomic E-state index is 5.67. The Kier molecular flexibility index (Phi) is 3.00. The molecule has 13 heavy (non-hydrogen) atoms. The van der Waals surface area contributed by atoms with Crippen LogP contribution in [-0.2, 0) is 7.05 Å². The third kappa shape index (κ3) is 2.05. The second kappa shape index (κ2) is 3.85. The number of aromatic nitrogens is 3. The predicted molar refractivity (Wildman–Crippen MR) is 51.2 cm³/mol. The van der Waals surface area contributed by atoms with Gasteiger partial charge in [0.25, 0.3) is 0 Å². The molecule has 0 radical (unpaired) electrons. The van der Waals surface area contributed by atoms with E-state index >= 15 is 0 Å². The van der Waals surface area contributed by atoms with Gasteiger partial charge < -0.3 is 5.73 Å². The van der Waals surface area contributed by atoms with E-state index in [1.165, 1.54) is 0 Å². The van der Waals surface area contributed by atoms with E-state index in [2.05, 4.69) is 15.1 Å². The number of hydrogen-bond acceptors (Lipinski definition) is 4. The Balaban J connectivity index is 2.97. The average Bonchev–Trinajstić information content (AvgIpc) is 2.31. The summed E-state index contributed by atoms with van der Waals surface area (Å²) in [7, 11) is 5.80. The maximum Gasteiger partial charge on any atom is 0.104 e. The molecule has 0 aliphatic rings. The molecule has 1 aromatic rings. The van der Waals surface area contributed by atoms with Crippen LogP contribution >= 0.6 is 0 Å². The molecular weight excluding hydrogens is 166 g/mol. The van der Waals surface area contributed by atoms with Crippen LogP contribution in [0.1, 0.15) is 17.4 Å². The minimum absolute atomic E-state index is 0.161. The van der Waals surface area contributed by atoms with Crippen LogP contribution in [-0.4, -0.2) is 40.5 Å². The molecule has 0 amide bonds. The molecule has 5 heteroatoms. The van der Waals surface area contributed by atoms with Crippen molar-refractivity contribution in [1.29, 1.82) is 0 Å². The molecule has 1 rings (SSSR count). The minimum Gasteiger partial charge on any atom is -0.329 e. The van der Waals surface area contributed by atoms with Crippen molar-refractivity contribution in [2.24, 2.45) is 12.8 Å². The van der Waals surface area contributed by atoms with E-state index in [1.54, 1.807) is 4.80 Å². The zero-order valence-corrected chi connectivity index (χ0v) is 8.65. The summed E-state index contributed by atoms with van der Waals surface area (Å²) in [5, 5.41) is 8.47. The first-order chi connectivity index (χ1) is 6.06. The SMILES string of the molecule is Cc1nn(C)nc1C(CN)N(C)C. The molecule has 1 unspecified atom stereocenters. The van der Waals surface area contributed by atoms with Crippen LogP contribution < -0.4 is 5.73 Å². The summed E-state index contributed by atoms with van der Waals surface area (Å²) < 4.78 is 0. The van der Waals surface area contributed by atoms with Crippen molar-refractivity contribution in [2.45, 2.75) is 13.0 Å². The minimum atomic E-state index is 0.161. The van der Waals surface area contributed by atoms with Gasteiger partial charge in [-0.25, -0.2) is 0 Å². The molecule has 0 aliphatic carbocycles. The topological polar surface area (TPSA) is 60.0 Å². The highest BCUT2D eigenvalue weighted by molar-refractivity contribution is 5.12. The molecule has 0 spiro atoms. The van der Waals surface area contributed by atoms with Crippen LogP contribution in [0.25, 0.3) is 0 Å². The second-order valence-corrected chi connectivity index (χ2v) is 3.38. The fourth-order valence-electron chi connectivity index (χ4n) is 1.39. The Bertz CT molecular complexity index is 278. The lowest BCUT2D eigenvalue weighted by atomic mass is 10.1. The number of aryl methyl sites for hydroxylation is 2. The Hall–Kier alpha value is -0.940. The van der Waals surface area contributed by atoms with Crippen LogP contribution in [0.4, 0.5) is 0 Å². The Labute approximate surface area is 78.5 Å². The van der Waals surface area contributed by atoms with Crippen LogP contribution in [0.2, 0.25) is 0 Å². The lowest BCUT2D eigenvalue weighted by Gasteiger charge is -2.20. The summed E-state index contributed by atoms with van der Waals surface area (Å²) in [6.07, 6.45) is 0. The molecule has 1 aromatic heterocycles. The first-order valence-corrected chi connectivity index (χ1v) is 4.30. The van der Waals surface area contributed by atoms with Crippen molar-refractivity contribution in [1.82, 2.24) is 19.9 Å². The van der Waals surface area contributed by atoms with E-state index in [0.29, 0.717) is 6.54 Å². The third-order valence-corrected chi connectivity index (χ3v) is 2.08. The summed E-state index contributed by atoms with van der Waals surface area (Å²) in [6, 6.07) is 0.161. The van der Waals surface area contributed by atoms with Crippen LogP contribution in [0.3, 0.4) is 0 Å². The van der Waals surface area contributed by atoms with E-state index in [1.807, 2.05) is 28.1 Å². The second-order valence-electron chi connectivity index (χ2n) is 3.38. The molecule has 0 aliphatic heterocycles. The van der Waals surface area contributed by atoms with Crippen LogP contribution in [0.5, 0.6) is 0 Å². The molecular formula is C8H17N5. The van der Waals surface area contributed by atoms with Crippen molar-refractivity contribution >= 4 is 0 Å². The first-order valence-electron chi connectivity index (χ1n) is 4.30. The van der Waals surface area contributed by atoms with E-state index in [9.17, 15) is 0 Å². The van der Waals surface area contributed by atoms with Gasteiger partial charge in [-0.3, -0.25) is 4.90 Å². The molecule has 1 atom stereocenters. The molecule has 0 aromatic carbocycles. The van der Waals surface area contributed by atoms with E-state index in [-0.39, 0.29) is 6.04 Å². The third-order valence-electron chi connectivity index (χ3n) is 2.08. The largest absolute Gasteiger partial charge is 0.329 e. The van der Waals surface area contributed by atoms with Gasteiger partial charge in [0.1, 0.15) is 5.69 Å². The van der Waals surface area contributed by atoms with Gasteiger partial charge in [0, 0.05) is 13.6 Å². The van der Waals surface area contributed by atoms with Gasteiger partial charge in [-0.15, -0.1) is 0 Å². The lowest BCUT2D eigenvalue weighted by molar-refractivity contribution is 0.298. The van der Waals surface area contributed by atoms with Gasteiger partial charge in [0.2, 0.25) is 0 Å². The Morgan fingerprint density at radius 2 is 2.08 bits per heavy atom. The molecule has 0 fully saturated rings. The molecule has 74 valence electrons. The number of rotatable bonds is 3. The number of likely N-dealkylation sites (N-methyl/N-ethyl adjacent to an activating group) is 1. The van der Waals surface area contributed by atoms with E-state index in [0.717, 1.165) is 11.4 Å². The van der Waals surface area contributed by atoms with Crippen molar-refractivity contribution in [3.63, 3.8) is 0 Å². The monoisotopic (exact) mass is 183 g/mol. The quantitative estimate of drug-likeness (QED) is 0.698. The number of nitrogens with zero attached hydrogens (tertiary/aromatic N) is 4. The van der Waals surface area contributed by atoms with Crippen molar-refractivity contribution in [2.75, 3.05) is 20.6 Å². The molecule has 5 nitrogen and oxygen atoms in total. The number of nitrogens with two attached hydrogens (primary N) is 1. The molecule has 2 N–H and O–H groups in total. The van der Waals surface area contributed by atoms with Gasteiger partial charge in [-0.05, 0) is 21.0 Å². The number of hydrogen-bond donors (Lipinski definition) is 1. The van der Waals surface area contributed by atoms with Gasteiger partial charge in [-0.1, -0.05) is 0 Å². The summed E-state index contributed by atoms with van der Waals surface area (Å²) in [4.78, 5) is 3.63. The average molecular weight is 183 g/mol. The fraction of sp³-hybridized carbons (Fsp3) is 0.750. The standard InChI is InChI=1S/C8H17N5/c1-6-8(11-13(4)10-6)7(5-9)12(2)3/h7H,5,9H2,1-4H3. The maximum atomic E-state index is 5.67. The zero-order chi connectivity index (χ0) is 10.0.